The maximum absolute atomic E-state index is 12.0. The Hall–Kier alpha value is -2.89. The van der Waals surface area contributed by atoms with Gasteiger partial charge in [0, 0.05) is 17.3 Å². The van der Waals surface area contributed by atoms with Crippen molar-refractivity contribution in [3.63, 3.8) is 0 Å². The minimum atomic E-state index is -0.301. The number of benzene rings is 1. The second-order valence-electron chi connectivity index (χ2n) is 4.31. The lowest BCUT2D eigenvalue weighted by Gasteiger charge is -2.01. The molecule has 0 bridgehead atoms. The highest BCUT2D eigenvalue weighted by Crippen LogP contribution is 2.21. The number of aromatic nitrogens is 2. The number of hydrogen-bond donors (Lipinski definition) is 2. The van der Waals surface area contributed by atoms with Crippen LogP contribution in [0.25, 0.3) is 11.0 Å². The second kappa shape index (κ2) is 5.00. The number of carbonyl (C=O) groups excluding carboxylic acids is 1. The number of amides is 1. The molecule has 0 aliphatic carbocycles. The van der Waals surface area contributed by atoms with Gasteiger partial charge in [0.05, 0.1) is 12.2 Å². The molecule has 3 rings (SSSR count). The second-order valence-corrected chi connectivity index (χ2v) is 4.31. The third-order valence-electron chi connectivity index (χ3n) is 2.82. The van der Waals surface area contributed by atoms with E-state index in [1.807, 2.05) is 0 Å². The van der Waals surface area contributed by atoms with Gasteiger partial charge in [-0.3, -0.25) is 4.79 Å². The van der Waals surface area contributed by atoms with E-state index in [1.165, 1.54) is 0 Å². The molecule has 0 spiro atoms. The fourth-order valence-corrected chi connectivity index (χ4v) is 1.86. The average molecular weight is 268 g/mol. The molecule has 100 valence electrons. The Morgan fingerprint density at radius 3 is 3.00 bits per heavy atom. The largest absolute Gasteiger partial charge is 0.451 e. The van der Waals surface area contributed by atoms with E-state index in [9.17, 15) is 4.79 Å². The smallest absolute Gasteiger partial charge is 0.287 e. The summed E-state index contributed by atoms with van der Waals surface area (Å²) < 4.78 is 5.47. The van der Waals surface area contributed by atoms with Crippen LogP contribution in [0.1, 0.15) is 16.2 Å². The average Bonchev–Trinajstić information content (AvgIpc) is 2.89. The van der Waals surface area contributed by atoms with Gasteiger partial charge in [0.1, 0.15) is 5.58 Å². The Morgan fingerprint density at radius 2 is 2.20 bits per heavy atom. The van der Waals surface area contributed by atoms with E-state index in [1.54, 1.807) is 42.6 Å². The van der Waals surface area contributed by atoms with Crippen LogP contribution in [0.4, 0.5) is 5.69 Å². The van der Waals surface area contributed by atoms with Crippen LogP contribution >= 0.6 is 0 Å². The zero-order chi connectivity index (χ0) is 13.9. The summed E-state index contributed by atoms with van der Waals surface area (Å²) in [6, 6.07) is 10.4. The maximum atomic E-state index is 12.0. The van der Waals surface area contributed by atoms with E-state index < -0.39 is 0 Å². The summed E-state index contributed by atoms with van der Waals surface area (Å²) >= 11 is 0. The molecule has 0 saturated heterocycles. The molecular formula is C14H12N4O2. The highest BCUT2D eigenvalue weighted by molar-refractivity contribution is 5.96. The van der Waals surface area contributed by atoms with Crippen molar-refractivity contribution in [2.45, 2.75) is 6.54 Å². The SMILES string of the molecule is Nc1ccc2oc(C(=O)NCc3cccnn3)cc2c1. The number of nitrogens with zero attached hydrogens (tertiary/aromatic N) is 2. The molecule has 6 heteroatoms. The fraction of sp³-hybridized carbons (Fsp3) is 0.0714. The summed E-state index contributed by atoms with van der Waals surface area (Å²) in [6.07, 6.45) is 1.58. The van der Waals surface area contributed by atoms with Crippen molar-refractivity contribution in [2.75, 3.05) is 5.73 Å². The number of carbonyl (C=O) groups is 1. The lowest BCUT2D eigenvalue weighted by atomic mass is 10.2. The molecule has 0 saturated carbocycles. The van der Waals surface area contributed by atoms with Crippen molar-refractivity contribution in [3.05, 3.63) is 54.0 Å². The minimum absolute atomic E-state index is 0.245. The summed E-state index contributed by atoms with van der Waals surface area (Å²) in [6.45, 7) is 0.297. The Kier molecular flexibility index (Phi) is 3.04. The predicted octanol–water partition coefficient (Wildman–Crippen LogP) is 1.74. The molecule has 2 heterocycles. The first-order valence-electron chi connectivity index (χ1n) is 6.06. The van der Waals surface area contributed by atoms with Gasteiger partial charge in [0.15, 0.2) is 5.76 Å². The highest BCUT2D eigenvalue weighted by atomic mass is 16.3. The van der Waals surface area contributed by atoms with Crippen molar-refractivity contribution in [1.29, 1.82) is 0 Å². The van der Waals surface area contributed by atoms with Gasteiger partial charge in [0.2, 0.25) is 0 Å². The van der Waals surface area contributed by atoms with E-state index in [0.717, 1.165) is 5.39 Å². The van der Waals surface area contributed by atoms with E-state index in [-0.39, 0.29) is 11.7 Å². The molecule has 0 fully saturated rings. The number of nitrogen functional groups attached to an aromatic ring is 1. The highest BCUT2D eigenvalue weighted by Gasteiger charge is 2.12. The van der Waals surface area contributed by atoms with Crippen LogP contribution in [0, 0.1) is 0 Å². The van der Waals surface area contributed by atoms with E-state index in [2.05, 4.69) is 15.5 Å². The third-order valence-corrected chi connectivity index (χ3v) is 2.82. The quantitative estimate of drug-likeness (QED) is 0.705. The van der Waals surface area contributed by atoms with Crippen molar-refractivity contribution < 1.29 is 9.21 Å². The predicted molar refractivity (Wildman–Crippen MR) is 73.8 cm³/mol. The number of nitrogens with one attached hydrogen (secondary N) is 1. The molecule has 2 aromatic heterocycles. The zero-order valence-corrected chi connectivity index (χ0v) is 10.5. The van der Waals surface area contributed by atoms with Crippen molar-refractivity contribution in [2.24, 2.45) is 0 Å². The first kappa shape index (κ1) is 12.2. The lowest BCUT2D eigenvalue weighted by molar-refractivity contribution is 0.0925. The summed E-state index contributed by atoms with van der Waals surface area (Å²) in [5.74, 6) is -0.0556. The Balaban J connectivity index is 1.75. The van der Waals surface area contributed by atoms with Crippen LogP contribution in [-0.4, -0.2) is 16.1 Å². The standard InChI is InChI=1S/C14H12N4O2/c15-10-3-4-12-9(6-10)7-13(20-12)14(19)16-8-11-2-1-5-17-18-11/h1-7H,8,15H2,(H,16,19). The molecule has 1 amide bonds. The number of furan rings is 1. The maximum Gasteiger partial charge on any atom is 0.287 e. The normalized spacial score (nSPS) is 10.6. The van der Waals surface area contributed by atoms with Crippen LogP contribution in [0.3, 0.4) is 0 Å². The fourth-order valence-electron chi connectivity index (χ4n) is 1.86. The molecule has 6 nitrogen and oxygen atoms in total. The summed E-state index contributed by atoms with van der Waals surface area (Å²) in [7, 11) is 0. The van der Waals surface area contributed by atoms with E-state index in [4.69, 9.17) is 10.2 Å². The van der Waals surface area contributed by atoms with E-state index in [0.29, 0.717) is 23.5 Å². The topological polar surface area (TPSA) is 94.0 Å². The molecule has 0 radical (unpaired) electrons. The molecule has 20 heavy (non-hydrogen) atoms. The summed E-state index contributed by atoms with van der Waals surface area (Å²) in [4.78, 5) is 12.0. The monoisotopic (exact) mass is 268 g/mol. The minimum Gasteiger partial charge on any atom is -0.451 e. The van der Waals surface area contributed by atoms with Gasteiger partial charge in [-0.2, -0.15) is 10.2 Å². The molecule has 1 aromatic carbocycles. The van der Waals surface area contributed by atoms with Crippen molar-refractivity contribution >= 4 is 22.6 Å². The Labute approximate surface area is 114 Å². The summed E-state index contributed by atoms with van der Waals surface area (Å²) in [5.41, 5.74) is 7.63. The van der Waals surface area contributed by atoms with Crippen LogP contribution < -0.4 is 11.1 Å². The molecule has 0 aliphatic rings. The molecule has 0 aliphatic heterocycles. The van der Waals surface area contributed by atoms with Crippen LogP contribution in [0.5, 0.6) is 0 Å². The molecule has 3 aromatic rings. The Bertz CT molecular complexity index is 752. The number of anilines is 1. The first-order chi connectivity index (χ1) is 9.72. The summed E-state index contributed by atoms with van der Waals surface area (Å²) in [5, 5.41) is 11.2. The molecular weight excluding hydrogens is 256 g/mol. The zero-order valence-electron chi connectivity index (χ0n) is 10.5. The van der Waals surface area contributed by atoms with Crippen molar-refractivity contribution in [3.8, 4) is 0 Å². The lowest BCUT2D eigenvalue weighted by Crippen LogP contribution is -2.22. The number of rotatable bonds is 3. The van der Waals surface area contributed by atoms with Gasteiger partial charge in [-0.15, -0.1) is 0 Å². The Morgan fingerprint density at radius 1 is 1.30 bits per heavy atom. The molecule has 3 N–H and O–H groups in total. The van der Waals surface area contributed by atoms with Gasteiger partial charge in [-0.1, -0.05) is 0 Å². The van der Waals surface area contributed by atoms with E-state index >= 15 is 0 Å². The third kappa shape index (κ3) is 2.44. The number of nitrogens with two attached hydrogens (primary N) is 1. The van der Waals surface area contributed by atoms with Gasteiger partial charge in [0.25, 0.3) is 5.91 Å². The molecule has 0 atom stereocenters. The van der Waals surface area contributed by atoms with Gasteiger partial charge < -0.3 is 15.5 Å². The van der Waals surface area contributed by atoms with Crippen molar-refractivity contribution in [1.82, 2.24) is 15.5 Å². The van der Waals surface area contributed by atoms with Crippen LogP contribution in [-0.2, 0) is 6.54 Å². The molecule has 0 unspecified atom stereocenters. The first-order valence-corrected chi connectivity index (χ1v) is 6.06. The number of fused-ring (bicyclic) bond motifs is 1. The van der Waals surface area contributed by atoms with Gasteiger partial charge in [-0.25, -0.2) is 0 Å². The van der Waals surface area contributed by atoms with Gasteiger partial charge in [-0.05, 0) is 36.4 Å². The van der Waals surface area contributed by atoms with Crippen LogP contribution in [0.2, 0.25) is 0 Å². The van der Waals surface area contributed by atoms with Crippen LogP contribution in [0.15, 0.2) is 47.0 Å². The van der Waals surface area contributed by atoms with Gasteiger partial charge >= 0.3 is 0 Å². The number of hydrogen-bond acceptors (Lipinski definition) is 5.